The number of hydrogen-bond acceptors (Lipinski definition) is 8. The summed E-state index contributed by atoms with van der Waals surface area (Å²) in [5.74, 6) is 0.721. The monoisotopic (exact) mass is 561 g/mol. The van der Waals surface area contributed by atoms with Gasteiger partial charge in [-0.3, -0.25) is 14.6 Å². The summed E-state index contributed by atoms with van der Waals surface area (Å²) in [7, 11) is 0. The van der Waals surface area contributed by atoms with Crippen LogP contribution in [0.4, 0.5) is 17.3 Å². The Kier molecular flexibility index (Phi) is 8.46. The lowest BCUT2D eigenvalue weighted by Gasteiger charge is -2.34. The highest BCUT2D eigenvalue weighted by Gasteiger charge is 2.31. The van der Waals surface area contributed by atoms with E-state index in [0.29, 0.717) is 62.1 Å². The molecule has 1 unspecified atom stereocenters. The Morgan fingerprint density at radius 3 is 2.51 bits per heavy atom. The molecule has 1 aromatic heterocycles. The van der Waals surface area contributed by atoms with Crippen LogP contribution >= 0.6 is 0 Å². The Morgan fingerprint density at radius 2 is 1.80 bits per heavy atom. The quantitative estimate of drug-likeness (QED) is 0.416. The number of anilines is 3. The number of rotatable bonds is 8. The van der Waals surface area contributed by atoms with Crippen LogP contribution in [0.5, 0.6) is 0 Å². The summed E-state index contributed by atoms with van der Waals surface area (Å²) >= 11 is 0. The molecular formula is C31H39N5O5. The second kappa shape index (κ2) is 12.2. The molecule has 3 aliphatic rings. The van der Waals surface area contributed by atoms with Gasteiger partial charge in [0.05, 0.1) is 30.3 Å². The van der Waals surface area contributed by atoms with Gasteiger partial charge in [-0.05, 0) is 69.7 Å². The maximum Gasteiger partial charge on any atom is 0.306 e. The summed E-state index contributed by atoms with van der Waals surface area (Å²) in [6, 6.07) is 7.92. The third kappa shape index (κ3) is 6.64. The molecule has 2 fully saturated rings. The topological polar surface area (TPSA) is 128 Å². The molecule has 1 aromatic carbocycles. The summed E-state index contributed by atoms with van der Waals surface area (Å²) in [6.45, 7) is 6.58. The molecule has 1 amide bonds. The molecule has 2 saturated heterocycles. The zero-order valence-electron chi connectivity index (χ0n) is 23.8. The van der Waals surface area contributed by atoms with Crippen molar-refractivity contribution >= 4 is 29.2 Å². The number of amides is 1. The van der Waals surface area contributed by atoms with Gasteiger partial charge in [-0.2, -0.15) is 0 Å². The van der Waals surface area contributed by atoms with Crippen molar-refractivity contribution in [1.29, 1.82) is 0 Å². The fourth-order valence-corrected chi connectivity index (χ4v) is 5.60. The number of carboxylic acid groups (broad SMARTS) is 1. The van der Waals surface area contributed by atoms with E-state index in [1.807, 2.05) is 50.3 Å². The van der Waals surface area contributed by atoms with Crippen molar-refractivity contribution < 1.29 is 24.5 Å². The van der Waals surface area contributed by atoms with Crippen LogP contribution in [0, 0.1) is 5.92 Å². The average molecular weight is 562 g/mol. The highest BCUT2D eigenvalue weighted by Crippen LogP contribution is 2.30. The van der Waals surface area contributed by atoms with Crippen molar-refractivity contribution in [3.8, 4) is 0 Å². The number of carbonyl (C=O) groups is 2. The van der Waals surface area contributed by atoms with E-state index in [9.17, 15) is 19.8 Å². The second-order valence-electron chi connectivity index (χ2n) is 11.6. The highest BCUT2D eigenvalue weighted by molar-refractivity contribution is 5.98. The molecule has 10 heteroatoms. The van der Waals surface area contributed by atoms with E-state index in [4.69, 9.17) is 4.74 Å². The summed E-state index contributed by atoms with van der Waals surface area (Å²) in [4.78, 5) is 38.0. The SMILES string of the molecule is CC(C)(C(=O)Nc1cncc(N2CCCC(OC3=C(O)CCC=C3)C2)n1)c1ccc(N2CCC(C(=O)O)CC2)cc1. The number of hydrogen-bond donors (Lipinski definition) is 3. The fraction of sp³-hybridized carbons (Fsp3) is 0.484. The summed E-state index contributed by atoms with van der Waals surface area (Å²) in [5.41, 5.74) is 1.08. The van der Waals surface area contributed by atoms with Crippen LogP contribution in [-0.2, 0) is 19.7 Å². The van der Waals surface area contributed by atoms with Gasteiger partial charge in [0, 0.05) is 31.7 Å². The van der Waals surface area contributed by atoms with Gasteiger partial charge in [-0.15, -0.1) is 0 Å². The maximum atomic E-state index is 13.4. The zero-order chi connectivity index (χ0) is 29.0. The number of carboxylic acids is 1. The lowest BCUT2D eigenvalue weighted by Crippen LogP contribution is -2.40. The molecule has 2 aliphatic heterocycles. The summed E-state index contributed by atoms with van der Waals surface area (Å²) in [5, 5.41) is 22.4. The van der Waals surface area contributed by atoms with Crippen molar-refractivity contribution in [1.82, 2.24) is 9.97 Å². The van der Waals surface area contributed by atoms with E-state index in [0.717, 1.165) is 37.1 Å². The maximum absolute atomic E-state index is 13.4. The van der Waals surface area contributed by atoms with Gasteiger partial charge in [0.15, 0.2) is 11.6 Å². The molecule has 0 bridgehead atoms. The Balaban J connectivity index is 1.20. The number of piperidine rings is 2. The van der Waals surface area contributed by atoms with Crippen molar-refractivity contribution in [2.45, 2.75) is 63.9 Å². The first-order valence-corrected chi connectivity index (χ1v) is 14.4. The van der Waals surface area contributed by atoms with Crippen molar-refractivity contribution in [3.63, 3.8) is 0 Å². The van der Waals surface area contributed by atoms with E-state index in [1.165, 1.54) is 0 Å². The van der Waals surface area contributed by atoms with Crippen molar-refractivity contribution in [2.24, 2.45) is 5.92 Å². The molecule has 3 N–H and O–H groups in total. The van der Waals surface area contributed by atoms with Gasteiger partial charge >= 0.3 is 5.97 Å². The minimum absolute atomic E-state index is 0.0749. The van der Waals surface area contributed by atoms with Crippen molar-refractivity contribution in [2.75, 3.05) is 41.3 Å². The summed E-state index contributed by atoms with van der Waals surface area (Å²) < 4.78 is 6.10. The number of nitrogens with zero attached hydrogens (tertiary/aromatic N) is 4. The number of nitrogens with one attached hydrogen (secondary N) is 1. The zero-order valence-corrected chi connectivity index (χ0v) is 23.8. The van der Waals surface area contributed by atoms with E-state index >= 15 is 0 Å². The first-order chi connectivity index (χ1) is 19.7. The van der Waals surface area contributed by atoms with Gasteiger partial charge in [0.25, 0.3) is 0 Å². The molecular weight excluding hydrogens is 522 g/mol. The Bertz CT molecular complexity index is 1310. The number of aliphatic carboxylic acids is 1. The average Bonchev–Trinajstić information content (AvgIpc) is 2.99. The van der Waals surface area contributed by atoms with Gasteiger partial charge in [-0.25, -0.2) is 4.98 Å². The molecule has 2 aromatic rings. The summed E-state index contributed by atoms with van der Waals surface area (Å²) in [6.07, 6.45) is 11.5. The van der Waals surface area contributed by atoms with Gasteiger partial charge in [0.1, 0.15) is 17.7 Å². The second-order valence-corrected chi connectivity index (χ2v) is 11.6. The first kappa shape index (κ1) is 28.4. The number of carbonyl (C=O) groups excluding carboxylic acids is 1. The lowest BCUT2D eigenvalue weighted by molar-refractivity contribution is -0.142. The smallest absolute Gasteiger partial charge is 0.306 e. The minimum atomic E-state index is -0.820. The van der Waals surface area contributed by atoms with Crippen LogP contribution in [0.2, 0.25) is 0 Å². The van der Waals surface area contributed by atoms with Crippen LogP contribution < -0.4 is 15.1 Å². The molecule has 41 heavy (non-hydrogen) atoms. The third-order valence-corrected chi connectivity index (χ3v) is 8.33. The van der Waals surface area contributed by atoms with Crippen LogP contribution in [-0.4, -0.2) is 64.3 Å². The van der Waals surface area contributed by atoms with Gasteiger partial charge in [0.2, 0.25) is 5.91 Å². The van der Waals surface area contributed by atoms with E-state index in [1.54, 1.807) is 12.4 Å². The van der Waals surface area contributed by atoms with E-state index < -0.39 is 11.4 Å². The van der Waals surface area contributed by atoms with E-state index in [2.05, 4.69) is 25.1 Å². The van der Waals surface area contributed by atoms with E-state index in [-0.39, 0.29) is 17.9 Å². The molecule has 0 saturated carbocycles. The number of aliphatic hydroxyl groups excluding tert-OH is 1. The minimum Gasteiger partial charge on any atom is -0.508 e. The van der Waals surface area contributed by atoms with Crippen LogP contribution in [0.3, 0.4) is 0 Å². The van der Waals surface area contributed by atoms with Gasteiger partial charge < -0.3 is 30.1 Å². The fourth-order valence-electron chi connectivity index (χ4n) is 5.60. The number of ether oxygens (including phenoxy) is 1. The Hall–Kier alpha value is -4.08. The molecule has 10 nitrogen and oxygen atoms in total. The molecule has 1 aliphatic carbocycles. The lowest BCUT2D eigenvalue weighted by atomic mass is 9.83. The first-order valence-electron chi connectivity index (χ1n) is 14.4. The predicted molar refractivity (Wildman–Crippen MR) is 157 cm³/mol. The molecule has 5 rings (SSSR count). The van der Waals surface area contributed by atoms with Crippen LogP contribution in [0.25, 0.3) is 0 Å². The Labute approximate surface area is 240 Å². The van der Waals surface area contributed by atoms with Crippen LogP contribution in [0.1, 0.15) is 57.9 Å². The largest absolute Gasteiger partial charge is 0.508 e. The third-order valence-electron chi connectivity index (χ3n) is 8.33. The molecule has 1 atom stereocenters. The van der Waals surface area contributed by atoms with Crippen LogP contribution in [0.15, 0.2) is 60.3 Å². The molecule has 0 spiro atoms. The molecule has 218 valence electrons. The number of aromatic nitrogens is 2. The number of benzene rings is 1. The highest BCUT2D eigenvalue weighted by atomic mass is 16.5. The predicted octanol–water partition coefficient (Wildman–Crippen LogP) is 4.80. The standard InChI is InChI=1S/C31H39N5O5/c1-31(2,22-9-11-23(12-10-22)35-16-13-21(14-17-35)29(38)39)30(40)34-27-18-32-19-28(33-27)36-15-5-6-24(20-36)41-26-8-4-3-7-25(26)37/h4,8-12,18-19,21,24,37H,3,5-7,13-17,20H2,1-2H3,(H,38,39)(H,33,34,40). The van der Waals surface area contributed by atoms with Gasteiger partial charge in [-0.1, -0.05) is 18.2 Å². The number of aliphatic hydroxyl groups is 1. The van der Waals surface area contributed by atoms with Crippen molar-refractivity contribution in [3.05, 3.63) is 65.9 Å². The molecule has 3 heterocycles. The number of allylic oxidation sites excluding steroid dienone is 3. The Morgan fingerprint density at radius 1 is 1.05 bits per heavy atom. The normalized spacial score (nSPS) is 20.2. The molecule has 0 radical (unpaired) electrons.